The first-order valence-corrected chi connectivity index (χ1v) is 8.16. The van der Waals surface area contributed by atoms with E-state index in [-0.39, 0.29) is 16.9 Å². The fourth-order valence-corrected chi connectivity index (χ4v) is 4.77. The number of amides is 1. The predicted octanol–water partition coefficient (Wildman–Crippen LogP) is 0.233. The highest BCUT2D eigenvalue weighted by molar-refractivity contribution is 5.78. The van der Waals surface area contributed by atoms with Gasteiger partial charge >= 0.3 is 0 Å². The van der Waals surface area contributed by atoms with E-state index in [2.05, 4.69) is 26.1 Å². The zero-order chi connectivity index (χ0) is 14.4. The van der Waals surface area contributed by atoms with Gasteiger partial charge in [0.05, 0.1) is 13.2 Å². The van der Waals surface area contributed by atoms with E-state index in [1.807, 2.05) is 0 Å². The summed E-state index contributed by atoms with van der Waals surface area (Å²) in [6.45, 7) is 11.1. The molecule has 1 aliphatic heterocycles. The summed E-state index contributed by atoms with van der Waals surface area (Å²) in [4.78, 5) is 13.8. The minimum Gasteiger partial charge on any atom is -0.370 e. The average molecular weight is 281 g/mol. The molecule has 3 aliphatic rings. The lowest BCUT2D eigenvalue weighted by molar-refractivity contribution is -0.900. The molecule has 4 heteroatoms. The highest BCUT2D eigenvalue weighted by Gasteiger charge is 2.60. The zero-order valence-corrected chi connectivity index (χ0v) is 13.1. The Labute approximate surface area is 122 Å². The summed E-state index contributed by atoms with van der Waals surface area (Å²) in [5.74, 6) is 1.68. The molecule has 0 aromatic rings. The first-order valence-electron chi connectivity index (χ1n) is 8.16. The van der Waals surface area contributed by atoms with E-state index in [0.29, 0.717) is 12.5 Å². The Morgan fingerprint density at radius 3 is 2.45 bits per heavy atom. The van der Waals surface area contributed by atoms with Gasteiger partial charge in [-0.25, -0.2) is 0 Å². The number of fused-ring (bicyclic) bond motifs is 2. The highest BCUT2D eigenvalue weighted by atomic mass is 16.5. The van der Waals surface area contributed by atoms with Crippen LogP contribution in [0.2, 0.25) is 0 Å². The Hall–Kier alpha value is -0.610. The van der Waals surface area contributed by atoms with E-state index in [0.717, 1.165) is 32.2 Å². The third kappa shape index (κ3) is 2.17. The van der Waals surface area contributed by atoms with Crippen LogP contribution in [0, 0.1) is 17.3 Å². The van der Waals surface area contributed by atoms with Crippen LogP contribution in [-0.4, -0.2) is 44.3 Å². The molecule has 20 heavy (non-hydrogen) atoms. The molecule has 4 nitrogen and oxygen atoms in total. The number of rotatable bonds is 3. The molecule has 3 fully saturated rings. The summed E-state index contributed by atoms with van der Waals surface area (Å²) in [7, 11) is 0. The lowest BCUT2D eigenvalue weighted by atomic mass is 9.64. The van der Waals surface area contributed by atoms with Gasteiger partial charge in [-0.3, -0.25) is 4.79 Å². The molecule has 0 radical (unpaired) electrons. The Morgan fingerprint density at radius 2 is 1.85 bits per heavy atom. The van der Waals surface area contributed by atoms with E-state index in [1.54, 1.807) is 0 Å². The lowest BCUT2D eigenvalue weighted by Crippen LogP contribution is -3.15. The molecule has 0 spiro atoms. The number of nitrogens with one attached hydrogen (secondary N) is 2. The van der Waals surface area contributed by atoms with E-state index >= 15 is 0 Å². The SMILES string of the molecule is CC1(C)[C@H]2CC[C@H](C2)[C@@]1(C)NC(=O)C[NH+]1CCOCC1. The smallest absolute Gasteiger partial charge is 0.275 e. The molecular weight excluding hydrogens is 252 g/mol. The van der Waals surface area contributed by atoms with Crippen molar-refractivity contribution in [1.29, 1.82) is 0 Å². The number of hydrogen-bond acceptors (Lipinski definition) is 2. The Bertz CT molecular complexity index is 390. The second-order valence-corrected chi connectivity index (χ2v) is 7.72. The van der Waals surface area contributed by atoms with Crippen LogP contribution >= 0.6 is 0 Å². The molecule has 3 rings (SSSR count). The molecule has 3 atom stereocenters. The van der Waals surface area contributed by atoms with Crippen molar-refractivity contribution in [3.8, 4) is 0 Å². The maximum absolute atomic E-state index is 12.5. The van der Waals surface area contributed by atoms with Gasteiger partial charge in [-0.1, -0.05) is 13.8 Å². The topological polar surface area (TPSA) is 42.8 Å². The van der Waals surface area contributed by atoms with Crippen LogP contribution in [0.3, 0.4) is 0 Å². The molecule has 1 amide bonds. The lowest BCUT2D eigenvalue weighted by Gasteiger charge is -2.48. The van der Waals surface area contributed by atoms with Crippen LogP contribution in [0.25, 0.3) is 0 Å². The van der Waals surface area contributed by atoms with Gasteiger partial charge in [-0.15, -0.1) is 0 Å². The number of ether oxygens (including phenoxy) is 1. The molecule has 2 N–H and O–H groups in total. The minimum atomic E-state index is -0.0152. The molecule has 1 saturated heterocycles. The van der Waals surface area contributed by atoms with E-state index in [1.165, 1.54) is 24.2 Å². The van der Waals surface area contributed by atoms with Crippen LogP contribution in [0.5, 0.6) is 0 Å². The molecule has 2 bridgehead atoms. The maximum Gasteiger partial charge on any atom is 0.275 e. The van der Waals surface area contributed by atoms with Crippen LogP contribution in [0.1, 0.15) is 40.0 Å². The van der Waals surface area contributed by atoms with Crippen LogP contribution in [0.15, 0.2) is 0 Å². The number of morpholine rings is 1. The average Bonchev–Trinajstić information content (AvgIpc) is 2.94. The molecule has 0 aromatic carbocycles. The first-order chi connectivity index (χ1) is 9.43. The van der Waals surface area contributed by atoms with Gasteiger partial charge in [0.2, 0.25) is 0 Å². The Kier molecular flexibility index (Phi) is 3.57. The van der Waals surface area contributed by atoms with Gasteiger partial charge in [0.1, 0.15) is 13.1 Å². The standard InChI is InChI=1S/C16H28N2O2/c1-15(2)12-4-5-13(10-12)16(15,3)17-14(19)11-18-6-8-20-9-7-18/h12-13H,4-11H2,1-3H3,(H,17,19)/p+1/t12-,13+,16+/m0/s1. The van der Waals surface area contributed by atoms with Crippen LogP contribution in [-0.2, 0) is 9.53 Å². The van der Waals surface area contributed by atoms with Crippen molar-refractivity contribution in [1.82, 2.24) is 5.32 Å². The highest BCUT2D eigenvalue weighted by Crippen LogP contribution is 2.61. The Morgan fingerprint density at radius 1 is 1.20 bits per heavy atom. The molecule has 2 aliphatic carbocycles. The van der Waals surface area contributed by atoms with Crippen molar-refractivity contribution in [3.05, 3.63) is 0 Å². The van der Waals surface area contributed by atoms with Crippen LogP contribution in [0.4, 0.5) is 0 Å². The molecule has 0 unspecified atom stereocenters. The maximum atomic E-state index is 12.5. The first kappa shape index (κ1) is 14.3. The van der Waals surface area contributed by atoms with E-state index in [9.17, 15) is 4.79 Å². The summed E-state index contributed by atoms with van der Waals surface area (Å²) in [5, 5.41) is 3.42. The second kappa shape index (κ2) is 4.99. The van der Waals surface area contributed by atoms with Crippen molar-refractivity contribution in [2.75, 3.05) is 32.8 Å². The van der Waals surface area contributed by atoms with Gasteiger partial charge < -0.3 is 15.0 Å². The van der Waals surface area contributed by atoms with Gasteiger partial charge in [-0.05, 0) is 43.4 Å². The number of carbonyl (C=O) groups is 1. The third-order valence-electron chi connectivity index (χ3n) is 6.62. The van der Waals surface area contributed by atoms with Crippen molar-refractivity contribution in [2.45, 2.75) is 45.6 Å². The van der Waals surface area contributed by atoms with Crippen molar-refractivity contribution in [2.24, 2.45) is 17.3 Å². The van der Waals surface area contributed by atoms with Gasteiger partial charge in [-0.2, -0.15) is 0 Å². The Balaban J connectivity index is 1.63. The number of hydrogen-bond donors (Lipinski definition) is 2. The molecule has 1 heterocycles. The zero-order valence-electron chi connectivity index (χ0n) is 13.1. The van der Waals surface area contributed by atoms with Crippen molar-refractivity contribution >= 4 is 5.91 Å². The summed E-state index contributed by atoms with van der Waals surface area (Å²) >= 11 is 0. The van der Waals surface area contributed by atoms with Crippen molar-refractivity contribution in [3.63, 3.8) is 0 Å². The fraction of sp³-hybridized carbons (Fsp3) is 0.938. The van der Waals surface area contributed by atoms with Gasteiger partial charge in [0.25, 0.3) is 5.91 Å². The van der Waals surface area contributed by atoms with Crippen LogP contribution < -0.4 is 10.2 Å². The summed E-state index contributed by atoms with van der Waals surface area (Å²) in [6.07, 6.45) is 3.93. The number of carbonyl (C=O) groups excluding carboxylic acids is 1. The summed E-state index contributed by atoms with van der Waals surface area (Å²) in [5.41, 5.74) is 0.213. The number of quaternary nitrogens is 1. The molecule has 2 saturated carbocycles. The van der Waals surface area contributed by atoms with E-state index in [4.69, 9.17) is 4.74 Å². The predicted molar refractivity (Wildman–Crippen MR) is 77.5 cm³/mol. The normalized spacial score (nSPS) is 40.0. The minimum absolute atomic E-state index is 0.0152. The molecule has 114 valence electrons. The molecular formula is C16H29N2O2+. The fourth-order valence-electron chi connectivity index (χ4n) is 4.77. The largest absolute Gasteiger partial charge is 0.370 e. The second-order valence-electron chi connectivity index (χ2n) is 7.72. The monoisotopic (exact) mass is 281 g/mol. The molecule has 0 aromatic heterocycles. The van der Waals surface area contributed by atoms with Gasteiger partial charge in [0, 0.05) is 5.54 Å². The van der Waals surface area contributed by atoms with Crippen molar-refractivity contribution < 1.29 is 14.4 Å². The van der Waals surface area contributed by atoms with Gasteiger partial charge in [0.15, 0.2) is 6.54 Å². The third-order valence-corrected chi connectivity index (χ3v) is 6.62. The van der Waals surface area contributed by atoms with E-state index < -0.39 is 0 Å². The summed E-state index contributed by atoms with van der Waals surface area (Å²) < 4.78 is 5.36. The quantitative estimate of drug-likeness (QED) is 0.778. The summed E-state index contributed by atoms with van der Waals surface area (Å²) in [6, 6.07) is 0.